The highest BCUT2D eigenvalue weighted by molar-refractivity contribution is 5.91. The first-order valence-corrected chi connectivity index (χ1v) is 26.5. The molecule has 12 aliphatic rings. The Kier molecular flexibility index (Phi) is 9.34. The molecule has 13 rings (SSSR count). The van der Waals surface area contributed by atoms with Crippen molar-refractivity contribution in [3.63, 3.8) is 0 Å². The Labute approximate surface area is 401 Å². The van der Waals surface area contributed by atoms with Crippen LogP contribution in [0.15, 0.2) is 23.3 Å². The SMILES string of the molecule is COC1c2nc3c(nc2CC2CCC4C5=CC6OC7(OC(C)(CO)CC7O)C(C)C6(O)C5(C)C(O)CC4C21C)CC1(C)C(CCC2C4=CCC5C(C)C6(OCC45C(=O)CC21)OC(C)(C)CC6O)C3. The molecule has 1 aromatic heterocycles. The number of ether oxygens (including phenoxy) is 5. The number of carbonyl (C=O) groups excluding carboxylic acids is 1. The average Bonchev–Trinajstić information content (AvgIpc) is 4.01. The molecule has 22 atom stereocenters. The number of methoxy groups -OCH3 is 1. The van der Waals surface area contributed by atoms with E-state index in [-0.39, 0.29) is 72.1 Å². The van der Waals surface area contributed by atoms with Gasteiger partial charge in [0.05, 0.1) is 58.7 Å². The summed E-state index contributed by atoms with van der Waals surface area (Å²) in [5.74, 6) is -1.79. The van der Waals surface area contributed by atoms with Crippen LogP contribution in [0.3, 0.4) is 0 Å². The Morgan fingerprint density at radius 2 is 1.50 bits per heavy atom. The summed E-state index contributed by atoms with van der Waals surface area (Å²) < 4.78 is 33.0. The third kappa shape index (κ3) is 5.12. The van der Waals surface area contributed by atoms with Gasteiger partial charge in [-0.05, 0) is 125 Å². The topological polar surface area (TPSA) is 190 Å². The van der Waals surface area contributed by atoms with Crippen LogP contribution < -0.4 is 0 Å². The average molecular weight is 941 g/mol. The van der Waals surface area contributed by atoms with Gasteiger partial charge in [0.2, 0.25) is 5.79 Å². The number of aliphatic hydroxyl groups excluding tert-OH is 4. The number of aliphatic hydroxyl groups is 5. The van der Waals surface area contributed by atoms with Crippen LogP contribution in [0, 0.1) is 74.9 Å². The predicted molar refractivity (Wildman–Crippen MR) is 246 cm³/mol. The summed E-state index contributed by atoms with van der Waals surface area (Å²) in [5, 5.41) is 58.6. The summed E-state index contributed by atoms with van der Waals surface area (Å²) in [7, 11) is 1.80. The lowest BCUT2D eigenvalue weighted by molar-refractivity contribution is -0.336. The second-order valence-electron chi connectivity index (χ2n) is 26.3. The van der Waals surface area contributed by atoms with E-state index in [0.717, 1.165) is 79.7 Å². The molecule has 13 nitrogen and oxygen atoms in total. The zero-order valence-corrected chi connectivity index (χ0v) is 41.7. The lowest BCUT2D eigenvalue weighted by atomic mass is 9.43. The molecule has 372 valence electrons. The van der Waals surface area contributed by atoms with Gasteiger partial charge in [-0.3, -0.25) is 14.8 Å². The summed E-state index contributed by atoms with van der Waals surface area (Å²) in [6.07, 6.45) is 9.53. The number of nitrogens with zero attached hydrogens (tertiary/aromatic N) is 2. The summed E-state index contributed by atoms with van der Waals surface area (Å²) in [6, 6.07) is 0. The smallest absolute Gasteiger partial charge is 0.201 e. The number of rotatable bonds is 2. The van der Waals surface area contributed by atoms with Gasteiger partial charge in [0, 0.05) is 49.0 Å². The van der Waals surface area contributed by atoms with Crippen LogP contribution in [0.1, 0.15) is 142 Å². The van der Waals surface area contributed by atoms with Gasteiger partial charge in [-0.2, -0.15) is 0 Å². The summed E-state index contributed by atoms with van der Waals surface area (Å²) in [5.41, 5.74) is 1.23. The highest BCUT2D eigenvalue weighted by atomic mass is 16.7. The van der Waals surface area contributed by atoms with Crippen LogP contribution in [-0.4, -0.2) is 114 Å². The zero-order valence-electron chi connectivity index (χ0n) is 41.7. The minimum absolute atomic E-state index is 0.0464. The molecule has 1 aromatic rings. The van der Waals surface area contributed by atoms with Gasteiger partial charge < -0.3 is 49.2 Å². The first kappa shape index (κ1) is 45.7. The number of fused-ring (bicyclic) bond motifs is 13. The van der Waals surface area contributed by atoms with Gasteiger partial charge in [-0.1, -0.05) is 57.9 Å². The van der Waals surface area contributed by atoms with Gasteiger partial charge in [-0.15, -0.1) is 0 Å². The van der Waals surface area contributed by atoms with Gasteiger partial charge in [0.15, 0.2) is 5.79 Å². The lowest BCUT2D eigenvalue weighted by Crippen LogP contribution is -2.65. The van der Waals surface area contributed by atoms with Crippen LogP contribution in [0.2, 0.25) is 0 Å². The lowest BCUT2D eigenvalue weighted by Gasteiger charge is -2.63. The summed E-state index contributed by atoms with van der Waals surface area (Å²) in [6.45, 7) is 16.6. The van der Waals surface area contributed by atoms with Crippen molar-refractivity contribution in [3.05, 3.63) is 46.1 Å². The molecule has 0 amide bonds. The maximum absolute atomic E-state index is 15.0. The second kappa shape index (κ2) is 13.9. The molecule has 68 heavy (non-hydrogen) atoms. The number of aromatic nitrogens is 2. The number of allylic oxidation sites excluding steroid dienone is 1. The normalized spacial score (nSPS) is 56.6. The molecule has 4 saturated carbocycles. The molecule has 0 bridgehead atoms. The third-order valence-corrected chi connectivity index (χ3v) is 23.2. The molecular formula is C55H76N2O11. The van der Waals surface area contributed by atoms with Crippen molar-refractivity contribution < 1.29 is 54.0 Å². The highest BCUT2D eigenvalue weighted by Gasteiger charge is 2.79. The van der Waals surface area contributed by atoms with E-state index in [1.165, 1.54) is 5.57 Å². The van der Waals surface area contributed by atoms with E-state index in [0.29, 0.717) is 36.9 Å². The van der Waals surface area contributed by atoms with E-state index >= 15 is 0 Å². The molecule has 0 aromatic carbocycles. The van der Waals surface area contributed by atoms with Crippen molar-refractivity contribution in [1.29, 1.82) is 0 Å². The van der Waals surface area contributed by atoms with Crippen molar-refractivity contribution in [3.8, 4) is 0 Å². The predicted octanol–water partition coefficient (Wildman–Crippen LogP) is 5.65. The molecule has 4 aliphatic heterocycles. The Balaban J connectivity index is 0.784. The molecule has 5 N–H and O–H groups in total. The van der Waals surface area contributed by atoms with E-state index < -0.39 is 69.5 Å². The number of Topliss-reactive ketones (excluding diaryl/α,β-unsaturated/α-hetero) is 1. The van der Waals surface area contributed by atoms with E-state index in [1.807, 2.05) is 27.7 Å². The first-order valence-electron chi connectivity index (χ1n) is 26.5. The molecule has 8 fully saturated rings. The minimum atomic E-state index is -1.54. The van der Waals surface area contributed by atoms with Crippen LogP contribution in [-0.2, 0) is 47.7 Å². The molecule has 8 aliphatic carbocycles. The van der Waals surface area contributed by atoms with Gasteiger partial charge in [-0.25, -0.2) is 0 Å². The zero-order chi connectivity index (χ0) is 47.9. The molecule has 13 heteroatoms. The van der Waals surface area contributed by atoms with E-state index in [1.54, 1.807) is 14.0 Å². The van der Waals surface area contributed by atoms with Crippen LogP contribution >= 0.6 is 0 Å². The molecule has 22 unspecified atom stereocenters. The van der Waals surface area contributed by atoms with Crippen LogP contribution in [0.5, 0.6) is 0 Å². The molecule has 0 radical (unpaired) electrons. The van der Waals surface area contributed by atoms with Crippen LogP contribution in [0.4, 0.5) is 0 Å². The molecule has 3 spiro atoms. The van der Waals surface area contributed by atoms with E-state index in [4.69, 9.17) is 33.7 Å². The molecule has 5 heterocycles. The fourth-order valence-corrected chi connectivity index (χ4v) is 19.7. The van der Waals surface area contributed by atoms with E-state index in [2.05, 4.69) is 32.9 Å². The first-order chi connectivity index (χ1) is 32.0. The number of ketones is 1. The quantitative estimate of drug-likeness (QED) is 0.229. The third-order valence-electron chi connectivity index (χ3n) is 23.2. The maximum atomic E-state index is 15.0. The summed E-state index contributed by atoms with van der Waals surface area (Å²) in [4.78, 5) is 26.2. The van der Waals surface area contributed by atoms with Gasteiger partial charge in [0.25, 0.3) is 0 Å². The van der Waals surface area contributed by atoms with E-state index in [9.17, 15) is 30.3 Å². The largest absolute Gasteiger partial charge is 0.393 e. The highest BCUT2D eigenvalue weighted by Crippen LogP contribution is 2.73. The summed E-state index contributed by atoms with van der Waals surface area (Å²) >= 11 is 0. The van der Waals surface area contributed by atoms with Crippen molar-refractivity contribution in [2.45, 2.75) is 191 Å². The van der Waals surface area contributed by atoms with Crippen molar-refractivity contribution in [2.75, 3.05) is 20.3 Å². The fourth-order valence-electron chi connectivity index (χ4n) is 19.7. The standard InChI is InChI=1S/C55H76N2O11/c1-26-32-14-15-33-30-12-10-28-16-37-39(21-49(28,6)34(30)18-41(60)52(32,33)25-65-54(26)42(61)22-47(3,4)67-54)56-38-17-29-11-13-31-35(50(29,7)46(64-9)45(38)57-37)19-40(59)51(8)36(31)20-44-53(51,63)27(2)55(66-44)43(62)23-48(5,24-58)68-55/h15,20,26-32,34-35,40,42-44,46,58-59,61-63H,10-14,16-19,21-25H2,1-9H3. The number of hydrogen-bond acceptors (Lipinski definition) is 13. The Morgan fingerprint density at radius 1 is 0.794 bits per heavy atom. The minimum Gasteiger partial charge on any atom is -0.393 e. The maximum Gasteiger partial charge on any atom is 0.201 e. The Morgan fingerprint density at radius 3 is 2.19 bits per heavy atom. The Bertz CT molecular complexity index is 2440. The van der Waals surface area contributed by atoms with Gasteiger partial charge >= 0.3 is 0 Å². The van der Waals surface area contributed by atoms with Crippen molar-refractivity contribution in [2.24, 2.45) is 74.9 Å². The van der Waals surface area contributed by atoms with Crippen molar-refractivity contribution >= 4 is 5.78 Å². The number of carbonyl (C=O) groups is 1. The number of hydrogen-bond donors (Lipinski definition) is 5. The fraction of sp³-hybridized carbons (Fsp3) is 0.836. The van der Waals surface area contributed by atoms with Gasteiger partial charge in [0.1, 0.15) is 35.8 Å². The monoisotopic (exact) mass is 941 g/mol. The Hall–Kier alpha value is -2.17. The van der Waals surface area contributed by atoms with Crippen molar-refractivity contribution in [1.82, 2.24) is 9.97 Å². The van der Waals surface area contributed by atoms with Crippen LogP contribution in [0.25, 0.3) is 0 Å². The molecular weight excluding hydrogens is 865 g/mol. The second-order valence-corrected chi connectivity index (χ2v) is 26.3. The molecule has 4 saturated heterocycles.